The van der Waals surface area contributed by atoms with Gasteiger partial charge in [0.1, 0.15) is 0 Å². The van der Waals surface area contributed by atoms with Crippen molar-refractivity contribution in [3.05, 3.63) is 0 Å². The number of piperidine rings is 1. The molecule has 0 aromatic rings. The fourth-order valence-corrected chi connectivity index (χ4v) is 2.99. The van der Waals surface area contributed by atoms with Crippen molar-refractivity contribution in [3.8, 4) is 0 Å². The fraction of sp³-hybridized carbons (Fsp3) is 1.00. The quantitative estimate of drug-likeness (QED) is 0.781. The second-order valence-corrected chi connectivity index (χ2v) is 6.18. The zero-order valence-corrected chi connectivity index (χ0v) is 11.7. The van der Waals surface area contributed by atoms with Crippen LogP contribution in [0.1, 0.15) is 59.8 Å². The number of likely N-dealkylation sites (tertiary alicyclic amines) is 1. The summed E-state index contributed by atoms with van der Waals surface area (Å²) >= 11 is 0. The Balaban J connectivity index is 2.66. The van der Waals surface area contributed by atoms with E-state index in [1.165, 1.54) is 45.2 Å². The Morgan fingerprint density at radius 1 is 1.19 bits per heavy atom. The van der Waals surface area contributed by atoms with E-state index in [1.54, 1.807) is 0 Å². The maximum absolute atomic E-state index is 6.06. The van der Waals surface area contributed by atoms with Crippen molar-refractivity contribution >= 4 is 0 Å². The van der Waals surface area contributed by atoms with Crippen molar-refractivity contribution in [1.29, 1.82) is 0 Å². The summed E-state index contributed by atoms with van der Waals surface area (Å²) in [5.74, 6) is 0. The van der Waals surface area contributed by atoms with Gasteiger partial charge in [-0.3, -0.25) is 4.90 Å². The van der Waals surface area contributed by atoms with E-state index in [9.17, 15) is 0 Å². The predicted octanol–water partition coefficient (Wildman–Crippen LogP) is 3.02. The molecule has 2 N–H and O–H groups in total. The van der Waals surface area contributed by atoms with E-state index in [4.69, 9.17) is 5.73 Å². The van der Waals surface area contributed by atoms with E-state index in [0.717, 1.165) is 6.54 Å². The Bertz CT molecular complexity index is 197. The molecule has 0 aliphatic carbocycles. The summed E-state index contributed by atoms with van der Waals surface area (Å²) in [6.07, 6.45) is 6.32. The van der Waals surface area contributed by atoms with Gasteiger partial charge in [-0.25, -0.2) is 0 Å². The molecule has 1 aliphatic heterocycles. The third-order valence-electron chi connectivity index (χ3n) is 4.54. The van der Waals surface area contributed by atoms with Crippen LogP contribution in [0.15, 0.2) is 0 Å². The lowest BCUT2D eigenvalue weighted by Gasteiger charge is -2.48. The van der Waals surface area contributed by atoms with Crippen LogP contribution in [-0.2, 0) is 0 Å². The molecule has 0 spiro atoms. The topological polar surface area (TPSA) is 29.3 Å². The average Bonchev–Trinajstić information content (AvgIpc) is 2.26. The highest BCUT2D eigenvalue weighted by molar-refractivity contribution is 4.93. The van der Waals surface area contributed by atoms with Crippen molar-refractivity contribution in [2.24, 2.45) is 11.1 Å². The molecule has 1 unspecified atom stereocenters. The fourth-order valence-electron chi connectivity index (χ4n) is 2.99. The standard InChI is InChI=1S/C14H30N2/c1-5-7-14(6-2,12-15)16-10-8-13(3,4)9-11-16/h5-12,15H2,1-4H3. The molecule has 0 amide bonds. The van der Waals surface area contributed by atoms with Crippen LogP contribution < -0.4 is 5.73 Å². The molecule has 1 saturated heterocycles. The van der Waals surface area contributed by atoms with Crippen molar-refractivity contribution < 1.29 is 0 Å². The predicted molar refractivity (Wildman–Crippen MR) is 71.6 cm³/mol. The average molecular weight is 226 g/mol. The Kier molecular flexibility index (Phi) is 4.81. The zero-order valence-electron chi connectivity index (χ0n) is 11.7. The molecule has 0 bridgehead atoms. The molecule has 0 aromatic carbocycles. The second-order valence-electron chi connectivity index (χ2n) is 6.18. The van der Waals surface area contributed by atoms with Gasteiger partial charge in [-0.1, -0.05) is 34.1 Å². The van der Waals surface area contributed by atoms with Crippen LogP contribution >= 0.6 is 0 Å². The Morgan fingerprint density at radius 2 is 1.75 bits per heavy atom. The van der Waals surface area contributed by atoms with E-state index < -0.39 is 0 Å². The van der Waals surface area contributed by atoms with Crippen LogP contribution in [-0.4, -0.2) is 30.1 Å². The van der Waals surface area contributed by atoms with Gasteiger partial charge in [0.05, 0.1) is 0 Å². The van der Waals surface area contributed by atoms with E-state index >= 15 is 0 Å². The Labute approximate surface area is 102 Å². The first kappa shape index (κ1) is 14.0. The molecule has 96 valence electrons. The largest absolute Gasteiger partial charge is 0.329 e. The summed E-state index contributed by atoms with van der Waals surface area (Å²) in [5, 5.41) is 0. The van der Waals surface area contributed by atoms with Crippen LogP contribution in [0.4, 0.5) is 0 Å². The molecule has 1 rings (SSSR count). The normalized spacial score (nSPS) is 25.3. The highest BCUT2D eigenvalue weighted by Crippen LogP contribution is 2.35. The molecule has 1 aliphatic rings. The van der Waals surface area contributed by atoms with Gasteiger partial charge in [0.25, 0.3) is 0 Å². The van der Waals surface area contributed by atoms with Crippen LogP contribution in [0.3, 0.4) is 0 Å². The summed E-state index contributed by atoms with van der Waals surface area (Å²) < 4.78 is 0. The van der Waals surface area contributed by atoms with Crippen LogP contribution in [0.25, 0.3) is 0 Å². The van der Waals surface area contributed by atoms with E-state index in [-0.39, 0.29) is 5.54 Å². The highest BCUT2D eigenvalue weighted by Gasteiger charge is 2.37. The van der Waals surface area contributed by atoms with Gasteiger partial charge >= 0.3 is 0 Å². The van der Waals surface area contributed by atoms with Gasteiger partial charge in [-0.15, -0.1) is 0 Å². The third-order valence-corrected chi connectivity index (χ3v) is 4.54. The summed E-state index contributed by atoms with van der Waals surface area (Å²) in [6.45, 7) is 12.6. The number of nitrogens with zero attached hydrogens (tertiary/aromatic N) is 1. The first-order chi connectivity index (χ1) is 7.49. The maximum atomic E-state index is 6.06. The molecule has 0 saturated carbocycles. The summed E-state index contributed by atoms with van der Waals surface area (Å²) in [5.41, 5.74) is 6.88. The minimum absolute atomic E-state index is 0.283. The van der Waals surface area contributed by atoms with E-state index in [0.29, 0.717) is 5.41 Å². The number of hydrogen-bond acceptors (Lipinski definition) is 2. The molecule has 1 fully saturated rings. The van der Waals surface area contributed by atoms with Crippen LogP contribution in [0.5, 0.6) is 0 Å². The minimum Gasteiger partial charge on any atom is -0.329 e. The first-order valence-electron chi connectivity index (χ1n) is 6.95. The van der Waals surface area contributed by atoms with Gasteiger partial charge in [-0.05, 0) is 44.2 Å². The van der Waals surface area contributed by atoms with Gasteiger partial charge < -0.3 is 5.73 Å². The lowest BCUT2D eigenvalue weighted by molar-refractivity contribution is 0.0237. The number of hydrogen-bond donors (Lipinski definition) is 1. The van der Waals surface area contributed by atoms with Gasteiger partial charge in [0.15, 0.2) is 0 Å². The summed E-state index contributed by atoms with van der Waals surface area (Å²) in [6, 6.07) is 0. The number of nitrogens with two attached hydrogens (primary N) is 1. The maximum Gasteiger partial charge on any atom is 0.0329 e. The Hall–Kier alpha value is -0.0800. The lowest BCUT2D eigenvalue weighted by atomic mass is 9.79. The van der Waals surface area contributed by atoms with Crippen molar-refractivity contribution in [2.75, 3.05) is 19.6 Å². The molecule has 2 nitrogen and oxygen atoms in total. The van der Waals surface area contributed by atoms with Crippen LogP contribution in [0, 0.1) is 5.41 Å². The van der Waals surface area contributed by atoms with Crippen molar-refractivity contribution in [1.82, 2.24) is 4.90 Å². The lowest BCUT2D eigenvalue weighted by Crippen LogP contribution is -2.56. The van der Waals surface area contributed by atoms with Crippen molar-refractivity contribution in [2.45, 2.75) is 65.3 Å². The summed E-state index contributed by atoms with van der Waals surface area (Å²) in [4.78, 5) is 2.67. The molecule has 0 radical (unpaired) electrons. The third kappa shape index (κ3) is 2.98. The molecular formula is C14H30N2. The molecule has 1 atom stereocenters. The smallest absolute Gasteiger partial charge is 0.0329 e. The van der Waals surface area contributed by atoms with E-state index in [1.807, 2.05) is 0 Å². The monoisotopic (exact) mass is 226 g/mol. The highest BCUT2D eigenvalue weighted by atomic mass is 15.2. The first-order valence-corrected chi connectivity index (χ1v) is 6.95. The van der Waals surface area contributed by atoms with Crippen molar-refractivity contribution in [3.63, 3.8) is 0 Å². The van der Waals surface area contributed by atoms with Crippen LogP contribution in [0.2, 0.25) is 0 Å². The van der Waals surface area contributed by atoms with Gasteiger partial charge in [0.2, 0.25) is 0 Å². The van der Waals surface area contributed by atoms with Gasteiger partial charge in [0, 0.05) is 12.1 Å². The minimum atomic E-state index is 0.283. The molecule has 1 heterocycles. The zero-order chi connectivity index (χ0) is 12.2. The molecule has 16 heavy (non-hydrogen) atoms. The number of rotatable bonds is 5. The molecule has 0 aromatic heterocycles. The van der Waals surface area contributed by atoms with E-state index in [2.05, 4.69) is 32.6 Å². The SMILES string of the molecule is CCCC(CC)(CN)N1CCC(C)(C)CC1. The molecule has 2 heteroatoms. The summed E-state index contributed by atoms with van der Waals surface area (Å²) in [7, 11) is 0. The second kappa shape index (κ2) is 5.50. The van der Waals surface area contributed by atoms with Gasteiger partial charge in [-0.2, -0.15) is 0 Å². The Morgan fingerprint density at radius 3 is 2.12 bits per heavy atom. The molecular weight excluding hydrogens is 196 g/mol.